The number of nitrogens with zero attached hydrogens (tertiary/aromatic N) is 3. The molecule has 2 unspecified atom stereocenters. The number of aromatic nitrogens is 2. The normalized spacial score (nSPS) is 24.7. The first-order valence-corrected chi connectivity index (χ1v) is 5.99. The van der Waals surface area contributed by atoms with Crippen molar-refractivity contribution in [1.29, 1.82) is 0 Å². The molecular weight excluding hydrogens is 226 g/mol. The van der Waals surface area contributed by atoms with Gasteiger partial charge in [0.15, 0.2) is 5.82 Å². The molecule has 2 atom stereocenters. The summed E-state index contributed by atoms with van der Waals surface area (Å²) in [4.78, 5) is 2.13. The number of rotatable bonds is 3. The Balaban J connectivity index is 2.10. The molecule has 0 aliphatic carbocycles. The molecule has 1 saturated heterocycles. The summed E-state index contributed by atoms with van der Waals surface area (Å²) in [5.41, 5.74) is 0.800. The molecule has 2 rings (SSSR count). The van der Waals surface area contributed by atoms with E-state index in [9.17, 15) is 0 Å². The van der Waals surface area contributed by atoms with Gasteiger partial charge in [-0.15, -0.1) is 16.7 Å². The lowest BCUT2D eigenvalue weighted by molar-refractivity contribution is 0.118. The van der Waals surface area contributed by atoms with Crippen molar-refractivity contribution in [2.45, 2.75) is 31.4 Å². The zero-order valence-corrected chi connectivity index (χ0v) is 10.3. The Morgan fingerprint density at radius 1 is 1.50 bits per heavy atom. The Morgan fingerprint density at radius 2 is 2.31 bits per heavy atom. The van der Waals surface area contributed by atoms with Crippen molar-refractivity contribution in [2.24, 2.45) is 0 Å². The van der Waals surface area contributed by atoms with Crippen molar-refractivity contribution >= 4 is 17.4 Å². The van der Waals surface area contributed by atoms with Crippen LogP contribution in [-0.4, -0.2) is 36.0 Å². The molecule has 16 heavy (non-hydrogen) atoms. The van der Waals surface area contributed by atoms with E-state index in [1.807, 2.05) is 19.2 Å². The summed E-state index contributed by atoms with van der Waals surface area (Å²) in [7, 11) is 2.03. The number of ether oxygens (including phenoxy) is 1. The Kier molecular flexibility index (Phi) is 3.61. The molecule has 1 aromatic heterocycles. The third-order valence-electron chi connectivity index (χ3n) is 3.04. The highest BCUT2D eigenvalue weighted by Crippen LogP contribution is 2.22. The van der Waals surface area contributed by atoms with Crippen LogP contribution in [-0.2, 0) is 10.6 Å². The van der Waals surface area contributed by atoms with Crippen molar-refractivity contribution in [3.63, 3.8) is 0 Å². The van der Waals surface area contributed by atoms with Crippen molar-refractivity contribution in [3.8, 4) is 0 Å². The second kappa shape index (κ2) is 4.97. The minimum atomic E-state index is 0.250. The predicted octanol–water partition coefficient (Wildman–Crippen LogP) is 1.83. The summed E-state index contributed by atoms with van der Waals surface area (Å²) in [6, 6.07) is 4.25. The minimum Gasteiger partial charge on any atom is -0.376 e. The summed E-state index contributed by atoms with van der Waals surface area (Å²) < 4.78 is 5.54. The summed E-state index contributed by atoms with van der Waals surface area (Å²) in [5.74, 6) is 1.27. The fourth-order valence-corrected chi connectivity index (χ4v) is 2.15. The van der Waals surface area contributed by atoms with Gasteiger partial charge in [0.1, 0.15) is 0 Å². The molecule has 0 amide bonds. The second-order valence-electron chi connectivity index (χ2n) is 4.06. The quantitative estimate of drug-likeness (QED) is 0.757. The Hall–Kier alpha value is -0.870. The molecule has 5 heteroatoms. The summed E-state index contributed by atoms with van der Waals surface area (Å²) >= 11 is 5.67. The van der Waals surface area contributed by atoms with Crippen LogP contribution in [0.4, 0.5) is 5.82 Å². The van der Waals surface area contributed by atoms with E-state index in [0.29, 0.717) is 11.9 Å². The van der Waals surface area contributed by atoms with E-state index in [4.69, 9.17) is 16.3 Å². The lowest BCUT2D eigenvalue weighted by atomic mass is 10.1. The van der Waals surface area contributed by atoms with Crippen LogP contribution in [0.3, 0.4) is 0 Å². The molecule has 1 fully saturated rings. The fraction of sp³-hybridized carbons (Fsp3) is 0.636. The van der Waals surface area contributed by atoms with E-state index in [-0.39, 0.29) is 6.10 Å². The van der Waals surface area contributed by atoms with Gasteiger partial charge in [-0.25, -0.2) is 0 Å². The lowest BCUT2D eigenvalue weighted by Crippen LogP contribution is -2.37. The van der Waals surface area contributed by atoms with E-state index >= 15 is 0 Å². The van der Waals surface area contributed by atoms with Crippen LogP contribution in [0.1, 0.15) is 19.0 Å². The second-order valence-corrected chi connectivity index (χ2v) is 4.33. The molecule has 0 saturated carbocycles. The first kappa shape index (κ1) is 11.6. The van der Waals surface area contributed by atoms with Gasteiger partial charge < -0.3 is 9.64 Å². The Morgan fingerprint density at radius 3 is 2.81 bits per heavy atom. The molecule has 0 spiro atoms. The predicted molar refractivity (Wildman–Crippen MR) is 63.8 cm³/mol. The van der Waals surface area contributed by atoms with Gasteiger partial charge in [0.2, 0.25) is 0 Å². The molecule has 0 aromatic carbocycles. The maximum Gasteiger partial charge on any atom is 0.151 e. The van der Waals surface area contributed by atoms with Gasteiger partial charge in [-0.3, -0.25) is 0 Å². The van der Waals surface area contributed by atoms with Crippen molar-refractivity contribution in [1.82, 2.24) is 10.2 Å². The van der Waals surface area contributed by atoms with Gasteiger partial charge in [0.25, 0.3) is 0 Å². The number of anilines is 1. The molecule has 88 valence electrons. The monoisotopic (exact) mass is 241 g/mol. The Labute approximate surface area is 101 Å². The molecule has 2 heterocycles. The smallest absolute Gasteiger partial charge is 0.151 e. The fourth-order valence-electron chi connectivity index (χ4n) is 2.01. The average Bonchev–Trinajstić information content (AvgIpc) is 2.75. The molecular formula is C11H16ClN3O. The molecule has 4 nitrogen and oxygen atoms in total. The van der Waals surface area contributed by atoms with E-state index in [0.717, 1.165) is 24.5 Å². The summed E-state index contributed by atoms with van der Waals surface area (Å²) in [5, 5.41) is 8.21. The lowest BCUT2D eigenvalue weighted by Gasteiger charge is -2.27. The van der Waals surface area contributed by atoms with Gasteiger partial charge in [0, 0.05) is 13.7 Å². The maximum atomic E-state index is 5.67. The first-order chi connectivity index (χ1) is 7.72. The number of likely N-dealkylation sites (N-methyl/N-ethyl adjacent to an activating group) is 1. The van der Waals surface area contributed by atoms with E-state index < -0.39 is 0 Å². The van der Waals surface area contributed by atoms with Crippen LogP contribution < -0.4 is 4.90 Å². The van der Waals surface area contributed by atoms with Gasteiger partial charge in [0.05, 0.1) is 23.7 Å². The van der Waals surface area contributed by atoms with E-state index in [1.54, 1.807) is 0 Å². The van der Waals surface area contributed by atoms with E-state index in [2.05, 4.69) is 22.0 Å². The van der Waals surface area contributed by atoms with Crippen LogP contribution in [0.2, 0.25) is 0 Å². The largest absolute Gasteiger partial charge is 0.376 e. The molecule has 0 N–H and O–H groups in total. The third kappa shape index (κ3) is 2.28. The number of hydrogen-bond acceptors (Lipinski definition) is 4. The van der Waals surface area contributed by atoms with Crippen molar-refractivity contribution < 1.29 is 4.74 Å². The van der Waals surface area contributed by atoms with Gasteiger partial charge in [-0.05, 0) is 25.5 Å². The van der Waals surface area contributed by atoms with Crippen LogP contribution in [0.15, 0.2) is 12.1 Å². The highest BCUT2D eigenvalue weighted by atomic mass is 35.5. The summed E-state index contributed by atoms with van der Waals surface area (Å²) in [6.45, 7) is 2.91. The zero-order valence-electron chi connectivity index (χ0n) is 9.56. The van der Waals surface area contributed by atoms with Crippen LogP contribution in [0, 0.1) is 0 Å². The highest BCUT2D eigenvalue weighted by molar-refractivity contribution is 6.16. The number of halogens is 1. The third-order valence-corrected chi connectivity index (χ3v) is 3.31. The van der Waals surface area contributed by atoms with Crippen molar-refractivity contribution in [3.05, 3.63) is 17.8 Å². The Bertz CT molecular complexity index is 344. The van der Waals surface area contributed by atoms with Gasteiger partial charge in [-0.1, -0.05) is 0 Å². The number of alkyl halides is 1. The molecule has 1 aliphatic rings. The number of hydrogen-bond donors (Lipinski definition) is 0. The SMILES string of the molecule is CC1OCCC1N(C)c1ccc(CCl)nn1. The summed E-state index contributed by atoms with van der Waals surface area (Å²) in [6.07, 6.45) is 1.29. The van der Waals surface area contributed by atoms with Crippen molar-refractivity contribution in [2.75, 3.05) is 18.6 Å². The zero-order chi connectivity index (χ0) is 11.5. The average molecular weight is 242 g/mol. The molecule has 1 aliphatic heterocycles. The minimum absolute atomic E-state index is 0.250. The topological polar surface area (TPSA) is 38.2 Å². The molecule has 1 aromatic rings. The molecule has 0 bridgehead atoms. The van der Waals surface area contributed by atoms with Crippen LogP contribution in [0.5, 0.6) is 0 Å². The first-order valence-electron chi connectivity index (χ1n) is 5.45. The van der Waals surface area contributed by atoms with Gasteiger partial charge >= 0.3 is 0 Å². The van der Waals surface area contributed by atoms with Gasteiger partial charge in [-0.2, -0.15) is 5.10 Å². The standard InChI is InChI=1S/C11H16ClN3O/c1-8-10(5-6-16-8)15(2)11-4-3-9(7-12)13-14-11/h3-4,8,10H,5-7H2,1-2H3. The van der Waals surface area contributed by atoms with Crippen LogP contribution >= 0.6 is 11.6 Å². The highest BCUT2D eigenvalue weighted by Gasteiger charge is 2.28. The van der Waals surface area contributed by atoms with Crippen LogP contribution in [0.25, 0.3) is 0 Å². The maximum absolute atomic E-state index is 5.67. The van der Waals surface area contributed by atoms with E-state index in [1.165, 1.54) is 0 Å². The molecule has 0 radical (unpaired) electrons.